The highest BCUT2D eigenvalue weighted by atomic mass is 28.4. The molecule has 0 N–H and O–H groups in total. The van der Waals surface area contributed by atoms with Crippen molar-refractivity contribution in [1.82, 2.24) is 0 Å². The van der Waals surface area contributed by atoms with E-state index in [1.165, 1.54) is 19.3 Å². The number of hydrogen-bond donors (Lipinski definition) is 0. The van der Waals surface area contributed by atoms with E-state index in [1.807, 2.05) is 0 Å². The lowest BCUT2D eigenvalue weighted by atomic mass is 9.40. The van der Waals surface area contributed by atoms with E-state index in [9.17, 15) is 4.79 Å². The van der Waals surface area contributed by atoms with Gasteiger partial charge in [-0.1, -0.05) is 13.3 Å². The van der Waals surface area contributed by atoms with E-state index in [0.717, 1.165) is 25.7 Å². The van der Waals surface area contributed by atoms with Crippen LogP contribution < -0.4 is 0 Å². The topological polar surface area (TPSA) is 54.0 Å². The third kappa shape index (κ3) is 4.52. The maximum absolute atomic E-state index is 13.6. The Balaban J connectivity index is 1.65. The first-order valence-corrected chi connectivity index (χ1v) is 25.2. The van der Waals surface area contributed by atoms with Crippen LogP contribution in [0.15, 0.2) is 0 Å². The minimum absolute atomic E-state index is 0.0234. The van der Waals surface area contributed by atoms with Crippen molar-refractivity contribution >= 4 is 30.9 Å². The number of hydrogen-bond acceptors (Lipinski definition) is 5. The molecule has 4 aliphatic carbocycles. The van der Waals surface area contributed by atoms with Gasteiger partial charge in [-0.25, -0.2) is 0 Å². The fraction of sp³-hybridized carbons (Fsp3) is 0.966. The van der Waals surface area contributed by atoms with Gasteiger partial charge in [0.2, 0.25) is 0 Å². The first kappa shape index (κ1) is 28.5. The molecule has 2 bridgehead atoms. The SMILES string of the molecule is C[C@@]12CCC[C@@]3(C)C(=O)O[C@H](C13)[C@@H](O[Si](C)(C)C)[C@@]13C[C@@H](CCC21)C(CO[Si](C)(C)C)(O[Si](C)(C)C)C3. The predicted molar refractivity (Wildman–Crippen MR) is 156 cm³/mol. The van der Waals surface area contributed by atoms with E-state index in [-0.39, 0.29) is 45.9 Å². The third-order valence-corrected chi connectivity index (χ3v) is 13.7. The van der Waals surface area contributed by atoms with Gasteiger partial charge in [-0.15, -0.1) is 0 Å². The van der Waals surface area contributed by atoms with Crippen LogP contribution in [0.2, 0.25) is 58.9 Å². The smallest absolute Gasteiger partial charge is 0.312 e. The van der Waals surface area contributed by atoms with Crippen molar-refractivity contribution in [3.8, 4) is 0 Å². The highest BCUT2D eigenvalue weighted by Crippen LogP contribution is 2.76. The summed E-state index contributed by atoms with van der Waals surface area (Å²) in [5.41, 5.74) is -0.555. The first-order valence-electron chi connectivity index (χ1n) is 15.0. The lowest BCUT2D eigenvalue weighted by Crippen LogP contribution is -2.67. The first-order chi connectivity index (χ1) is 16.7. The molecule has 0 aromatic rings. The van der Waals surface area contributed by atoms with Gasteiger partial charge < -0.3 is 18.0 Å². The molecule has 3 unspecified atom stereocenters. The average Bonchev–Trinajstić information content (AvgIpc) is 3.11. The molecule has 5 aliphatic rings. The van der Waals surface area contributed by atoms with Crippen molar-refractivity contribution < 1.29 is 22.8 Å². The normalized spacial score (nSPS) is 47.4. The number of rotatable bonds is 7. The molecule has 37 heavy (non-hydrogen) atoms. The van der Waals surface area contributed by atoms with E-state index >= 15 is 0 Å². The van der Waals surface area contributed by atoms with Crippen LogP contribution in [-0.4, -0.2) is 55.3 Å². The van der Waals surface area contributed by atoms with Gasteiger partial charge in [-0.3, -0.25) is 4.79 Å². The molecule has 4 saturated carbocycles. The van der Waals surface area contributed by atoms with Gasteiger partial charge in [0.05, 0.1) is 23.7 Å². The minimum atomic E-state index is -1.92. The molecule has 0 aromatic heterocycles. The van der Waals surface area contributed by atoms with Gasteiger partial charge in [0.25, 0.3) is 0 Å². The molecule has 1 heterocycles. The summed E-state index contributed by atoms with van der Waals surface area (Å²) < 4.78 is 27.7. The van der Waals surface area contributed by atoms with Crippen molar-refractivity contribution in [3.05, 3.63) is 0 Å². The molecule has 1 aliphatic heterocycles. The number of esters is 1. The summed E-state index contributed by atoms with van der Waals surface area (Å²) in [5, 5.41) is 0. The zero-order valence-electron chi connectivity index (χ0n) is 25.6. The highest BCUT2D eigenvalue weighted by molar-refractivity contribution is 6.70. The Morgan fingerprint density at radius 1 is 0.919 bits per heavy atom. The Morgan fingerprint density at radius 2 is 1.59 bits per heavy atom. The maximum Gasteiger partial charge on any atom is 0.312 e. The van der Waals surface area contributed by atoms with Gasteiger partial charge >= 0.3 is 5.97 Å². The minimum Gasteiger partial charge on any atom is -0.459 e. The molecule has 9 atom stereocenters. The van der Waals surface area contributed by atoms with Crippen LogP contribution in [0.5, 0.6) is 0 Å². The van der Waals surface area contributed by atoms with Crippen molar-refractivity contribution in [2.75, 3.05) is 6.61 Å². The number of carbonyl (C=O) groups is 1. The molecular formula is C29H54O5Si3. The fourth-order valence-corrected chi connectivity index (χ4v) is 13.4. The van der Waals surface area contributed by atoms with Crippen molar-refractivity contribution in [3.63, 3.8) is 0 Å². The van der Waals surface area contributed by atoms with E-state index in [4.69, 9.17) is 18.0 Å². The molecule has 5 rings (SSSR count). The van der Waals surface area contributed by atoms with E-state index < -0.39 is 25.0 Å². The lowest BCUT2D eigenvalue weighted by molar-refractivity contribution is -0.215. The zero-order valence-corrected chi connectivity index (χ0v) is 28.6. The van der Waals surface area contributed by atoms with Crippen LogP contribution in [0, 0.1) is 34.0 Å². The van der Waals surface area contributed by atoms with Gasteiger partial charge in [0.15, 0.2) is 25.0 Å². The Morgan fingerprint density at radius 3 is 2.19 bits per heavy atom. The van der Waals surface area contributed by atoms with Gasteiger partial charge in [0.1, 0.15) is 6.10 Å². The summed E-state index contributed by atoms with van der Waals surface area (Å²) in [6.07, 6.45) is 7.63. The molecule has 5 fully saturated rings. The van der Waals surface area contributed by atoms with Crippen LogP contribution in [-0.2, 0) is 22.8 Å². The van der Waals surface area contributed by atoms with Crippen LogP contribution in [0.1, 0.15) is 58.8 Å². The highest BCUT2D eigenvalue weighted by Gasteiger charge is 2.78. The van der Waals surface area contributed by atoms with Crippen LogP contribution in [0.4, 0.5) is 0 Å². The molecule has 8 heteroatoms. The zero-order chi connectivity index (χ0) is 27.4. The Bertz CT molecular complexity index is 937. The van der Waals surface area contributed by atoms with Crippen LogP contribution in [0.25, 0.3) is 0 Å². The Labute approximate surface area is 229 Å². The molecule has 0 amide bonds. The third-order valence-electron chi connectivity index (χ3n) is 10.7. The number of ether oxygens (including phenoxy) is 1. The van der Waals surface area contributed by atoms with Crippen molar-refractivity contribution in [1.29, 1.82) is 0 Å². The molecule has 212 valence electrons. The number of carbonyl (C=O) groups excluding carboxylic acids is 1. The summed E-state index contributed by atoms with van der Waals surface area (Å²) in [5.74, 6) is 1.30. The molecule has 1 spiro atoms. The summed E-state index contributed by atoms with van der Waals surface area (Å²) in [7, 11) is -5.50. The second-order valence-electron chi connectivity index (χ2n) is 16.9. The largest absolute Gasteiger partial charge is 0.459 e. The average molecular weight is 567 g/mol. The van der Waals surface area contributed by atoms with Gasteiger partial charge in [-0.05, 0) is 122 Å². The molecule has 0 aromatic carbocycles. The van der Waals surface area contributed by atoms with E-state index in [1.54, 1.807) is 0 Å². The van der Waals surface area contributed by atoms with Crippen LogP contribution in [0.3, 0.4) is 0 Å². The predicted octanol–water partition coefficient (Wildman–Crippen LogP) is 7.21. The van der Waals surface area contributed by atoms with Crippen molar-refractivity contribution in [2.45, 2.75) is 136 Å². The Hall–Kier alpha value is 0.000649. The second-order valence-corrected chi connectivity index (χ2v) is 30.3. The molecule has 1 saturated heterocycles. The van der Waals surface area contributed by atoms with Gasteiger partial charge in [-0.2, -0.15) is 0 Å². The Kier molecular flexibility index (Phi) is 6.56. The summed E-state index contributed by atoms with van der Waals surface area (Å²) in [4.78, 5) is 13.6. The fourth-order valence-electron chi connectivity index (χ4n) is 10.1. The summed E-state index contributed by atoms with van der Waals surface area (Å²) >= 11 is 0. The van der Waals surface area contributed by atoms with Gasteiger partial charge in [0, 0.05) is 11.3 Å². The molecule has 0 radical (unpaired) electrons. The van der Waals surface area contributed by atoms with Crippen LogP contribution >= 0.6 is 0 Å². The standard InChI is InChI=1S/C29H54O5Si3/c1-26-15-12-16-27(2)23(26)22(32-25(27)30)24(33-36(6,7)8)28-17-20(13-14-21(26)28)29(18-28,34-37(9,10)11)19-31-35(3,4)5/h20-24H,12-19H2,1-11H3/t20-,21?,22-,23?,24-,26+,27-,28-,29?/m1/s1. The quantitative estimate of drug-likeness (QED) is 0.241. The number of fused-ring (bicyclic) bond motifs is 2. The summed E-state index contributed by atoms with van der Waals surface area (Å²) in [6, 6.07) is 0. The lowest BCUT2D eigenvalue weighted by Gasteiger charge is -2.65. The molecular weight excluding hydrogens is 513 g/mol. The second kappa shape index (κ2) is 8.51. The summed E-state index contributed by atoms with van der Waals surface area (Å²) in [6.45, 7) is 26.2. The van der Waals surface area contributed by atoms with Crippen molar-refractivity contribution in [2.24, 2.45) is 34.0 Å². The maximum atomic E-state index is 13.6. The molecule has 5 nitrogen and oxygen atoms in total. The van der Waals surface area contributed by atoms with E-state index in [0.29, 0.717) is 18.4 Å². The van der Waals surface area contributed by atoms with E-state index in [2.05, 4.69) is 72.8 Å². The monoisotopic (exact) mass is 566 g/mol.